The number of nitro benzene ring substituents is 1. The highest BCUT2D eigenvalue weighted by Gasteiger charge is 2.07. The minimum absolute atomic E-state index is 0.0304. The van der Waals surface area contributed by atoms with Crippen LogP contribution in [0.4, 0.5) is 17.1 Å². The molecule has 0 atom stereocenters. The van der Waals surface area contributed by atoms with Crippen molar-refractivity contribution in [3.05, 3.63) is 75.1 Å². The predicted molar refractivity (Wildman–Crippen MR) is 80.9 cm³/mol. The summed E-state index contributed by atoms with van der Waals surface area (Å²) < 4.78 is 0. The van der Waals surface area contributed by atoms with E-state index in [-0.39, 0.29) is 11.2 Å². The zero-order chi connectivity index (χ0) is 14.8. The van der Waals surface area contributed by atoms with Crippen LogP contribution in [0.5, 0.6) is 0 Å². The number of pyridine rings is 1. The van der Waals surface area contributed by atoms with Gasteiger partial charge in [0.25, 0.3) is 11.2 Å². The van der Waals surface area contributed by atoms with Gasteiger partial charge in [0.1, 0.15) is 5.69 Å². The number of nitrogens with zero attached hydrogens (tertiary/aromatic N) is 1. The highest BCUT2D eigenvalue weighted by Crippen LogP contribution is 2.21. The maximum absolute atomic E-state index is 12.0. The molecule has 1 aromatic heterocycles. The van der Waals surface area contributed by atoms with E-state index in [1.165, 1.54) is 12.1 Å². The number of hydrogen-bond acceptors (Lipinski definition) is 4. The van der Waals surface area contributed by atoms with Gasteiger partial charge in [-0.05, 0) is 18.2 Å². The summed E-state index contributed by atoms with van der Waals surface area (Å²) in [4.78, 5) is 25.0. The quantitative estimate of drug-likeness (QED) is 0.570. The molecule has 21 heavy (non-hydrogen) atoms. The van der Waals surface area contributed by atoms with Crippen LogP contribution in [-0.2, 0) is 0 Å². The third-order valence-corrected chi connectivity index (χ3v) is 3.09. The summed E-state index contributed by atoms with van der Waals surface area (Å²) in [6, 6.07) is 15.1. The number of rotatable bonds is 3. The smallest absolute Gasteiger partial charge is 0.272 e. The van der Waals surface area contributed by atoms with Crippen LogP contribution < -0.4 is 10.9 Å². The predicted octanol–water partition coefficient (Wildman–Crippen LogP) is 3.18. The Bertz CT molecular complexity index is 886. The van der Waals surface area contributed by atoms with Gasteiger partial charge in [-0.3, -0.25) is 14.9 Å². The fourth-order valence-corrected chi connectivity index (χ4v) is 2.09. The molecule has 0 aliphatic rings. The Hall–Kier alpha value is -3.15. The van der Waals surface area contributed by atoms with E-state index in [2.05, 4.69) is 10.3 Å². The van der Waals surface area contributed by atoms with Crippen molar-refractivity contribution in [2.24, 2.45) is 0 Å². The summed E-state index contributed by atoms with van der Waals surface area (Å²) in [7, 11) is 0. The Morgan fingerprint density at radius 2 is 1.86 bits per heavy atom. The molecule has 3 rings (SSSR count). The van der Waals surface area contributed by atoms with Crippen molar-refractivity contribution >= 4 is 28.0 Å². The zero-order valence-electron chi connectivity index (χ0n) is 10.9. The number of H-pyrrole nitrogens is 1. The van der Waals surface area contributed by atoms with Crippen LogP contribution in [0.2, 0.25) is 0 Å². The van der Waals surface area contributed by atoms with Crippen LogP contribution in [0.25, 0.3) is 10.9 Å². The van der Waals surface area contributed by atoms with E-state index in [1.54, 1.807) is 18.2 Å². The Kier molecular flexibility index (Phi) is 3.12. The van der Waals surface area contributed by atoms with E-state index in [0.717, 1.165) is 10.9 Å². The molecule has 2 N–H and O–H groups in total. The van der Waals surface area contributed by atoms with Crippen molar-refractivity contribution in [3.8, 4) is 0 Å². The first-order valence-electron chi connectivity index (χ1n) is 6.27. The first kappa shape index (κ1) is 12.9. The summed E-state index contributed by atoms with van der Waals surface area (Å²) in [5.41, 5.74) is 1.27. The maximum atomic E-state index is 12.0. The monoisotopic (exact) mass is 281 g/mol. The van der Waals surface area contributed by atoms with E-state index in [9.17, 15) is 14.9 Å². The normalized spacial score (nSPS) is 10.5. The van der Waals surface area contributed by atoms with Gasteiger partial charge >= 0.3 is 0 Å². The molecule has 0 saturated carbocycles. The molecule has 0 amide bonds. The summed E-state index contributed by atoms with van der Waals surface area (Å²) in [6.45, 7) is 0. The fourth-order valence-electron chi connectivity index (χ4n) is 2.09. The van der Waals surface area contributed by atoms with Crippen LogP contribution in [0.1, 0.15) is 0 Å². The van der Waals surface area contributed by atoms with Gasteiger partial charge < -0.3 is 10.3 Å². The van der Waals surface area contributed by atoms with Crippen molar-refractivity contribution in [3.63, 3.8) is 0 Å². The molecule has 0 unspecified atom stereocenters. The average molecular weight is 281 g/mol. The topological polar surface area (TPSA) is 88.0 Å². The molecule has 2 aromatic carbocycles. The van der Waals surface area contributed by atoms with E-state index in [1.807, 2.05) is 24.3 Å². The van der Waals surface area contributed by atoms with E-state index in [0.29, 0.717) is 11.4 Å². The van der Waals surface area contributed by atoms with Crippen molar-refractivity contribution in [1.29, 1.82) is 0 Å². The molecule has 0 fully saturated rings. The second kappa shape index (κ2) is 5.09. The van der Waals surface area contributed by atoms with Crippen LogP contribution >= 0.6 is 0 Å². The molecule has 0 radical (unpaired) electrons. The van der Waals surface area contributed by atoms with Gasteiger partial charge in [-0.15, -0.1) is 0 Å². The number of para-hydroxylation sites is 1. The second-order valence-electron chi connectivity index (χ2n) is 4.53. The number of anilines is 2. The summed E-state index contributed by atoms with van der Waals surface area (Å²) in [6.07, 6.45) is 0. The number of hydrogen-bond donors (Lipinski definition) is 2. The molecular formula is C15H11N3O3. The van der Waals surface area contributed by atoms with Crippen LogP contribution in [-0.4, -0.2) is 9.91 Å². The SMILES string of the molecule is O=c1[nH]c2ccccc2cc1Nc1cccc([N+](=O)[O-])c1. The second-order valence-corrected chi connectivity index (χ2v) is 4.53. The molecule has 0 aliphatic heterocycles. The summed E-state index contributed by atoms with van der Waals surface area (Å²) in [5, 5.41) is 14.5. The molecule has 104 valence electrons. The summed E-state index contributed by atoms with van der Waals surface area (Å²) in [5.74, 6) is 0. The van der Waals surface area contributed by atoms with Gasteiger partial charge in [-0.1, -0.05) is 24.3 Å². The number of aromatic amines is 1. The largest absolute Gasteiger partial charge is 0.351 e. The third kappa shape index (κ3) is 2.59. The van der Waals surface area contributed by atoms with E-state index in [4.69, 9.17) is 0 Å². The van der Waals surface area contributed by atoms with Gasteiger partial charge in [0.05, 0.1) is 4.92 Å². The molecule has 1 heterocycles. The minimum Gasteiger partial charge on any atom is -0.351 e. The standard InChI is InChI=1S/C15H11N3O3/c19-15-14(8-10-4-1-2-7-13(10)17-15)16-11-5-3-6-12(9-11)18(20)21/h1-9,16H,(H,17,19). The van der Waals surface area contributed by atoms with Crippen LogP contribution in [0.15, 0.2) is 59.4 Å². The van der Waals surface area contributed by atoms with Gasteiger partial charge in [0.2, 0.25) is 0 Å². The number of aromatic nitrogens is 1. The summed E-state index contributed by atoms with van der Waals surface area (Å²) >= 11 is 0. The number of non-ortho nitro benzene ring substituents is 1. The molecule has 0 saturated heterocycles. The lowest BCUT2D eigenvalue weighted by Gasteiger charge is -2.06. The van der Waals surface area contributed by atoms with Gasteiger partial charge in [-0.2, -0.15) is 0 Å². The zero-order valence-corrected chi connectivity index (χ0v) is 10.9. The average Bonchev–Trinajstić information content (AvgIpc) is 2.48. The lowest BCUT2D eigenvalue weighted by molar-refractivity contribution is -0.384. The van der Waals surface area contributed by atoms with E-state index >= 15 is 0 Å². The maximum Gasteiger partial charge on any atom is 0.272 e. The van der Waals surface area contributed by atoms with Crippen molar-refractivity contribution in [1.82, 2.24) is 4.98 Å². The van der Waals surface area contributed by atoms with Crippen molar-refractivity contribution < 1.29 is 4.92 Å². The first-order chi connectivity index (χ1) is 10.1. The Morgan fingerprint density at radius 1 is 1.05 bits per heavy atom. The number of benzene rings is 2. The van der Waals surface area contributed by atoms with Gasteiger partial charge in [-0.25, -0.2) is 0 Å². The highest BCUT2D eigenvalue weighted by molar-refractivity contribution is 5.82. The van der Waals surface area contributed by atoms with Crippen molar-refractivity contribution in [2.45, 2.75) is 0 Å². The number of nitrogens with one attached hydrogen (secondary N) is 2. The lowest BCUT2D eigenvalue weighted by atomic mass is 10.2. The third-order valence-electron chi connectivity index (χ3n) is 3.09. The van der Waals surface area contributed by atoms with Gasteiger partial charge in [0.15, 0.2) is 0 Å². The lowest BCUT2D eigenvalue weighted by Crippen LogP contribution is -2.11. The Labute approximate surface area is 119 Å². The number of fused-ring (bicyclic) bond motifs is 1. The molecule has 0 aliphatic carbocycles. The first-order valence-corrected chi connectivity index (χ1v) is 6.27. The molecule has 0 spiro atoms. The molecule has 3 aromatic rings. The Balaban J connectivity index is 2.01. The fraction of sp³-hybridized carbons (Fsp3) is 0. The van der Waals surface area contributed by atoms with E-state index < -0.39 is 4.92 Å². The minimum atomic E-state index is -0.476. The Morgan fingerprint density at radius 3 is 2.67 bits per heavy atom. The van der Waals surface area contributed by atoms with Gasteiger partial charge in [0, 0.05) is 28.7 Å². The molecule has 6 nitrogen and oxygen atoms in total. The van der Waals surface area contributed by atoms with Crippen molar-refractivity contribution in [2.75, 3.05) is 5.32 Å². The highest BCUT2D eigenvalue weighted by atomic mass is 16.6. The molecule has 0 bridgehead atoms. The van der Waals surface area contributed by atoms with Crippen LogP contribution in [0.3, 0.4) is 0 Å². The number of nitro groups is 1. The van der Waals surface area contributed by atoms with Crippen LogP contribution in [0, 0.1) is 10.1 Å². The molecule has 6 heteroatoms. The molecular weight excluding hydrogens is 270 g/mol.